The summed E-state index contributed by atoms with van der Waals surface area (Å²) >= 11 is 0. The van der Waals surface area contributed by atoms with Crippen molar-refractivity contribution in [3.05, 3.63) is 88.7 Å². The lowest BCUT2D eigenvalue weighted by atomic mass is 9.79. The smallest absolute Gasteiger partial charge is 0.343 e. The zero-order valence-corrected chi connectivity index (χ0v) is 20.0. The van der Waals surface area contributed by atoms with Crippen LogP contribution in [0.2, 0.25) is 0 Å². The molecule has 1 aliphatic rings. The first kappa shape index (κ1) is 25.0. The molecule has 0 amide bonds. The van der Waals surface area contributed by atoms with Crippen molar-refractivity contribution in [1.29, 1.82) is 0 Å². The van der Waals surface area contributed by atoms with Crippen molar-refractivity contribution in [3.8, 4) is 16.9 Å². The molecule has 0 spiro atoms. The highest BCUT2D eigenvalue weighted by atomic mass is 19.2. The third-order valence-corrected chi connectivity index (χ3v) is 6.67. The Balaban J connectivity index is 1.47. The average Bonchev–Trinajstić information content (AvgIpc) is 2.86. The Labute approximate surface area is 203 Å². The van der Waals surface area contributed by atoms with Crippen LogP contribution in [0.25, 0.3) is 11.1 Å². The van der Waals surface area contributed by atoms with Crippen molar-refractivity contribution in [2.45, 2.75) is 52.1 Å². The van der Waals surface area contributed by atoms with Crippen LogP contribution in [0.5, 0.6) is 5.75 Å². The van der Waals surface area contributed by atoms with Gasteiger partial charge in [-0.3, -0.25) is 0 Å². The van der Waals surface area contributed by atoms with Crippen molar-refractivity contribution in [1.82, 2.24) is 0 Å². The van der Waals surface area contributed by atoms with E-state index in [0.29, 0.717) is 29.2 Å². The second-order valence-corrected chi connectivity index (χ2v) is 9.16. The van der Waals surface area contributed by atoms with Gasteiger partial charge in [-0.25, -0.2) is 18.0 Å². The van der Waals surface area contributed by atoms with Crippen molar-refractivity contribution in [2.75, 3.05) is 6.61 Å². The van der Waals surface area contributed by atoms with Gasteiger partial charge in [0.1, 0.15) is 0 Å². The number of hydrogen-bond acceptors (Lipinski definition) is 3. The van der Waals surface area contributed by atoms with E-state index in [1.54, 1.807) is 18.2 Å². The van der Waals surface area contributed by atoms with Crippen LogP contribution < -0.4 is 4.74 Å². The molecule has 184 valence electrons. The number of benzene rings is 3. The summed E-state index contributed by atoms with van der Waals surface area (Å²) in [4.78, 5) is 12.5. The fourth-order valence-electron chi connectivity index (χ4n) is 4.56. The molecule has 1 saturated carbocycles. The largest absolute Gasteiger partial charge is 0.420 e. The maximum Gasteiger partial charge on any atom is 0.343 e. The van der Waals surface area contributed by atoms with Gasteiger partial charge in [0.05, 0.1) is 12.2 Å². The normalized spacial score (nSPS) is 17.9. The molecule has 3 aromatic rings. The van der Waals surface area contributed by atoms with Gasteiger partial charge in [-0.2, -0.15) is 0 Å². The molecule has 0 heterocycles. The number of rotatable bonds is 7. The van der Waals surface area contributed by atoms with Gasteiger partial charge in [0.15, 0.2) is 23.2 Å². The number of hydrogen-bond donors (Lipinski definition) is 0. The zero-order valence-electron chi connectivity index (χ0n) is 20.0. The molecule has 3 nitrogen and oxygen atoms in total. The van der Waals surface area contributed by atoms with E-state index in [9.17, 15) is 18.0 Å². The van der Waals surface area contributed by atoms with E-state index in [1.807, 2.05) is 6.92 Å². The Hall–Kier alpha value is -3.12. The molecule has 0 unspecified atom stereocenters. The number of halogens is 3. The van der Waals surface area contributed by atoms with Crippen LogP contribution in [0.1, 0.15) is 66.9 Å². The highest BCUT2D eigenvalue weighted by molar-refractivity contribution is 5.91. The van der Waals surface area contributed by atoms with E-state index >= 15 is 0 Å². The number of ether oxygens (including phenoxy) is 2. The summed E-state index contributed by atoms with van der Waals surface area (Å²) in [5.41, 5.74) is 1.80. The summed E-state index contributed by atoms with van der Waals surface area (Å²) in [6, 6.07) is 13.5. The lowest BCUT2D eigenvalue weighted by Gasteiger charge is -2.27. The molecule has 1 aliphatic carbocycles. The Morgan fingerprint density at radius 3 is 2.29 bits per heavy atom. The van der Waals surface area contributed by atoms with Gasteiger partial charge in [0.25, 0.3) is 0 Å². The molecule has 35 heavy (non-hydrogen) atoms. The average molecular weight is 483 g/mol. The fourth-order valence-corrected chi connectivity index (χ4v) is 4.56. The number of carbonyl (C=O) groups excluding carboxylic acids is 1. The first-order valence-corrected chi connectivity index (χ1v) is 12.0. The van der Waals surface area contributed by atoms with Crippen LogP contribution in [0, 0.1) is 23.4 Å². The molecular weight excluding hydrogens is 453 g/mol. The lowest BCUT2D eigenvalue weighted by molar-refractivity contribution is 0.0727. The van der Waals surface area contributed by atoms with Gasteiger partial charge >= 0.3 is 5.97 Å². The third-order valence-electron chi connectivity index (χ3n) is 6.67. The van der Waals surface area contributed by atoms with Gasteiger partial charge in [-0.05, 0) is 72.6 Å². The van der Waals surface area contributed by atoms with E-state index in [0.717, 1.165) is 25.7 Å². The molecule has 6 heteroatoms. The van der Waals surface area contributed by atoms with E-state index in [-0.39, 0.29) is 29.4 Å². The topological polar surface area (TPSA) is 35.5 Å². The predicted molar refractivity (Wildman–Crippen MR) is 129 cm³/mol. The molecule has 0 bridgehead atoms. The van der Waals surface area contributed by atoms with Crippen LogP contribution >= 0.6 is 0 Å². The summed E-state index contributed by atoms with van der Waals surface area (Å²) in [6.45, 7) is 4.80. The molecule has 0 aromatic heterocycles. The molecule has 0 atom stereocenters. The quantitative estimate of drug-likeness (QED) is 0.254. The highest BCUT2D eigenvalue weighted by Gasteiger charge is 2.25. The molecule has 0 N–H and O–H groups in total. The van der Waals surface area contributed by atoms with Gasteiger partial charge in [0, 0.05) is 12.2 Å². The van der Waals surface area contributed by atoms with Crippen LogP contribution in [-0.4, -0.2) is 12.6 Å². The minimum Gasteiger partial charge on any atom is -0.420 e. The van der Waals surface area contributed by atoms with Gasteiger partial charge in [-0.1, -0.05) is 50.1 Å². The van der Waals surface area contributed by atoms with E-state index in [4.69, 9.17) is 9.47 Å². The van der Waals surface area contributed by atoms with Gasteiger partial charge < -0.3 is 9.47 Å². The van der Waals surface area contributed by atoms with Crippen molar-refractivity contribution in [2.24, 2.45) is 5.92 Å². The zero-order chi connectivity index (χ0) is 24.9. The van der Waals surface area contributed by atoms with Crippen LogP contribution in [0.15, 0.2) is 54.6 Å². The first-order valence-electron chi connectivity index (χ1n) is 12.0. The SMILES string of the molecule is CCOCc1ccc(OC(=O)c2ccc(-c3ccc(C4CCC(C)CC4)c(F)c3F)cc2)c(F)c1. The first-order chi connectivity index (χ1) is 16.9. The Morgan fingerprint density at radius 2 is 1.63 bits per heavy atom. The Morgan fingerprint density at radius 1 is 0.914 bits per heavy atom. The Kier molecular flexibility index (Phi) is 7.91. The van der Waals surface area contributed by atoms with Crippen molar-refractivity contribution < 1.29 is 27.4 Å². The standard InChI is InChI=1S/C29H29F3O3/c1-3-34-17-19-6-15-26(25(30)16-19)35-29(33)22-11-9-21(10-12-22)24-14-13-23(27(31)28(24)32)20-7-4-18(2)5-8-20/h6,9-16,18,20H,3-5,7-8,17H2,1-2H3. The van der Waals surface area contributed by atoms with Crippen LogP contribution in [-0.2, 0) is 11.3 Å². The molecule has 1 fully saturated rings. The fraction of sp³-hybridized carbons (Fsp3) is 0.345. The van der Waals surface area contributed by atoms with Crippen LogP contribution in [0.4, 0.5) is 13.2 Å². The van der Waals surface area contributed by atoms with E-state index in [2.05, 4.69) is 6.92 Å². The summed E-state index contributed by atoms with van der Waals surface area (Å²) in [6.07, 6.45) is 3.77. The summed E-state index contributed by atoms with van der Waals surface area (Å²) in [5.74, 6) is -2.63. The van der Waals surface area contributed by atoms with Crippen molar-refractivity contribution >= 4 is 5.97 Å². The molecule has 0 saturated heterocycles. The lowest BCUT2D eigenvalue weighted by Crippen LogP contribution is -2.13. The van der Waals surface area contributed by atoms with Gasteiger partial charge in [-0.15, -0.1) is 0 Å². The second-order valence-electron chi connectivity index (χ2n) is 9.16. The molecule has 3 aromatic carbocycles. The van der Waals surface area contributed by atoms with Crippen LogP contribution in [0.3, 0.4) is 0 Å². The molecule has 4 rings (SSSR count). The maximum absolute atomic E-state index is 15.0. The number of carbonyl (C=O) groups is 1. The van der Waals surface area contributed by atoms with Gasteiger partial charge in [0.2, 0.25) is 0 Å². The molecule has 0 radical (unpaired) electrons. The molecule has 0 aliphatic heterocycles. The maximum atomic E-state index is 15.0. The second kappa shape index (κ2) is 11.1. The highest BCUT2D eigenvalue weighted by Crippen LogP contribution is 2.38. The molecular formula is C29H29F3O3. The third kappa shape index (κ3) is 5.76. The summed E-state index contributed by atoms with van der Waals surface area (Å²) in [5, 5.41) is 0. The monoisotopic (exact) mass is 482 g/mol. The van der Waals surface area contributed by atoms with Crippen molar-refractivity contribution in [3.63, 3.8) is 0 Å². The predicted octanol–water partition coefficient (Wildman–Crippen LogP) is 7.82. The summed E-state index contributed by atoms with van der Waals surface area (Å²) in [7, 11) is 0. The Bertz CT molecular complexity index is 1180. The minimum absolute atomic E-state index is 0.0422. The van der Waals surface area contributed by atoms with E-state index < -0.39 is 23.4 Å². The minimum atomic E-state index is -0.884. The van der Waals surface area contributed by atoms with E-state index in [1.165, 1.54) is 36.4 Å². The number of esters is 1. The summed E-state index contributed by atoms with van der Waals surface area (Å²) < 4.78 is 54.6.